The van der Waals surface area contributed by atoms with E-state index in [9.17, 15) is 5.26 Å². The van der Waals surface area contributed by atoms with E-state index in [0.717, 1.165) is 41.9 Å². The highest BCUT2D eigenvalue weighted by Crippen LogP contribution is 2.33. The minimum Gasteiger partial charge on any atom is -0.365 e. The molecule has 0 radical (unpaired) electrons. The van der Waals surface area contributed by atoms with E-state index in [-0.39, 0.29) is 0 Å². The molecule has 1 fully saturated rings. The lowest BCUT2D eigenvalue weighted by Crippen LogP contribution is -2.24. The molecule has 0 spiro atoms. The largest absolute Gasteiger partial charge is 0.365 e. The van der Waals surface area contributed by atoms with Gasteiger partial charge in [0.25, 0.3) is 0 Å². The van der Waals surface area contributed by atoms with Crippen molar-refractivity contribution in [1.82, 2.24) is 15.1 Å². The van der Waals surface area contributed by atoms with Crippen LogP contribution in [0.2, 0.25) is 0 Å². The first kappa shape index (κ1) is 19.7. The maximum Gasteiger partial charge on any atom is 0.146 e. The molecule has 4 nitrogen and oxygen atoms in total. The number of nitriles is 1. The van der Waals surface area contributed by atoms with Gasteiger partial charge >= 0.3 is 0 Å². The predicted molar refractivity (Wildman–Crippen MR) is 114 cm³/mol. The van der Waals surface area contributed by atoms with Crippen molar-refractivity contribution in [2.75, 3.05) is 6.54 Å². The van der Waals surface area contributed by atoms with Crippen LogP contribution in [0.1, 0.15) is 44.2 Å². The number of hydrogen-bond donors (Lipinski definition) is 1. The molecule has 1 aromatic rings. The van der Waals surface area contributed by atoms with Gasteiger partial charge in [0.1, 0.15) is 11.9 Å². The summed E-state index contributed by atoms with van der Waals surface area (Å²) >= 11 is 0. The molecule has 1 aromatic heterocycles. The summed E-state index contributed by atoms with van der Waals surface area (Å²) in [6, 6.07) is 4.37. The zero-order valence-corrected chi connectivity index (χ0v) is 16.6. The van der Waals surface area contributed by atoms with E-state index in [2.05, 4.69) is 40.9 Å². The maximum atomic E-state index is 10.0. The van der Waals surface area contributed by atoms with Crippen LogP contribution in [0.5, 0.6) is 0 Å². The Morgan fingerprint density at radius 2 is 2.21 bits per heavy atom. The molecule has 1 N–H and O–H groups in total. The summed E-state index contributed by atoms with van der Waals surface area (Å²) in [5, 5.41) is 17.9. The average Bonchev–Trinajstić information content (AvgIpc) is 3.12. The fourth-order valence-electron chi connectivity index (χ4n) is 3.75. The Kier molecular flexibility index (Phi) is 6.89. The molecule has 144 valence electrons. The van der Waals surface area contributed by atoms with Gasteiger partial charge < -0.3 is 5.32 Å². The number of aromatic nitrogens is 2. The van der Waals surface area contributed by atoms with Gasteiger partial charge in [0.15, 0.2) is 0 Å². The van der Waals surface area contributed by atoms with Crippen molar-refractivity contribution in [3.05, 3.63) is 77.4 Å². The van der Waals surface area contributed by atoms with E-state index in [4.69, 9.17) is 0 Å². The third-order valence-electron chi connectivity index (χ3n) is 5.38. The van der Waals surface area contributed by atoms with Crippen LogP contribution >= 0.6 is 0 Å². The van der Waals surface area contributed by atoms with Crippen molar-refractivity contribution < 1.29 is 0 Å². The summed E-state index contributed by atoms with van der Waals surface area (Å²) in [5.74, 6) is 1.10. The summed E-state index contributed by atoms with van der Waals surface area (Å²) < 4.78 is 1.81. The Morgan fingerprint density at radius 1 is 1.39 bits per heavy atom. The fourth-order valence-corrected chi connectivity index (χ4v) is 3.75. The van der Waals surface area contributed by atoms with E-state index < -0.39 is 0 Å². The number of nitrogens with zero attached hydrogens (tertiary/aromatic N) is 3. The Hall–Kier alpha value is -3.02. The molecule has 0 aliphatic heterocycles. The van der Waals surface area contributed by atoms with Crippen LogP contribution in [0, 0.1) is 24.2 Å². The molecule has 2 aliphatic carbocycles. The van der Waals surface area contributed by atoms with Gasteiger partial charge in [-0.25, -0.2) is 4.68 Å². The highest BCUT2D eigenvalue weighted by atomic mass is 15.3. The minimum atomic E-state index is 0.379. The zero-order chi connectivity index (χ0) is 19.8. The summed E-state index contributed by atoms with van der Waals surface area (Å²) in [7, 11) is 0. The van der Waals surface area contributed by atoms with Crippen molar-refractivity contribution in [3.8, 4) is 6.07 Å². The standard InChI is InChI=1S/C24H28N4/c1-19-15-16-27-28(19)24(26-18-21-11-7-4-3-5-8-12-21)23(17-25)20(2)22-13-9-6-10-14-22/h3-5,11-12,15-16,22,26H,2,6-7,9-10,13-14,18H2,1H3/b4-3-,21-11+,24-23-. The third kappa shape index (κ3) is 4.82. The molecular weight excluding hydrogens is 344 g/mol. The number of hydrogen-bond acceptors (Lipinski definition) is 3. The van der Waals surface area contributed by atoms with Crippen molar-refractivity contribution in [1.29, 1.82) is 5.26 Å². The first-order chi connectivity index (χ1) is 13.7. The average molecular weight is 373 g/mol. The molecule has 0 atom stereocenters. The minimum absolute atomic E-state index is 0.379. The second kappa shape index (κ2) is 9.78. The molecule has 0 unspecified atom stereocenters. The van der Waals surface area contributed by atoms with Gasteiger partial charge in [0.2, 0.25) is 0 Å². The van der Waals surface area contributed by atoms with Crippen LogP contribution in [-0.4, -0.2) is 16.3 Å². The van der Waals surface area contributed by atoms with Crippen LogP contribution in [0.4, 0.5) is 0 Å². The van der Waals surface area contributed by atoms with Gasteiger partial charge in [-0.1, -0.05) is 44.1 Å². The Bertz CT molecular complexity index is 905. The second-order valence-corrected chi connectivity index (χ2v) is 7.35. The lowest BCUT2D eigenvalue weighted by Gasteiger charge is -2.25. The second-order valence-electron chi connectivity index (χ2n) is 7.35. The monoisotopic (exact) mass is 372 g/mol. The summed E-state index contributed by atoms with van der Waals surface area (Å²) in [5.41, 5.74) is 6.82. The third-order valence-corrected chi connectivity index (χ3v) is 5.38. The van der Waals surface area contributed by atoms with Gasteiger partial charge in [-0.05, 0) is 61.5 Å². The molecule has 1 saturated carbocycles. The molecule has 2 aliphatic rings. The van der Waals surface area contributed by atoms with Gasteiger partial charge in [0, 0.05) is 18.4 Å². The lowest BCUT2D eigenvalue weighted by atomic mass is 9.81. The van der Waals surface area contributed by atoms with Crippen molar-refractivity contribution in [2.45, 2.75) is 45.4 Å². The topological polar surface area (TPSA) is 53.6 Å². The molecule has 0 aromatic carbocycles. The van der Waals surface area contributed by atoms with Crippen LogP contribution in [0.25, 0.3) is 5.82 Å². The quantitative estimate of drug-likeness (QED) is 0.424. The van der Waals surface area contributed by atoms with Gasteiger partial charge in [-0.2, -0.15) is 10.4 Å². The molecule has 4 heteroatoms. The van der Waals surface area contributed by atoms with Crippen LogP contribution < -0.4 is 5.32 Å². The fraction of sp³-hybridized carbons (Fsp3) is 0.375. The molecule has 0 bridgehead atoms. The summed E-state index contributed by atoms with van der Waals surface area (Å²) in [4.78, 5) is 0. The molecule has 0 amide bonds. The number of aryl methyl sites for hydroxylation is 1. The lowest BCUT2D eigenvalue weighted by molar-refractivity contribution is 0.407. The maximum absolute atomic E-state index is 10.0. The van der Waals surface area contributed by atoms with E-state index in [1.54, 1.807) is 6.20 Å². The van der Waals surface area contributed by atoms with Gasteiger partial charge in [0.05, 0.1) is 5.57 Å². The highest BCUT2D eigenvalue weighted by molar-refractivity contribution is 5.63. The highest BCUT2D eigenvalue weighted by Gasteiger charge is 2.23. The van der Waals surface area contributed by atoms with Crippen LogP contribution in [0.3, 0.4) is 0 Å². The van der Waals surface area contributed by atoms with E-state index in [1.165, 1.54) is 19.3 Å². The smallest absolute Gasteiger partial charge is 0.146 e. The van der Waals surface area contributed by atoms with E-state index in [1.807, 2.05) is 35.9 Å². The Balaban J connectivity index is 1.91. The first-order valence-corrected chi connectivity index (χ1v) is 10.1. The molecule has 1 heterocycles. The van der Waals surface area contributed by atoms with E-state index >= 15 is 0 Å². The Morgan fingerprint density at radius 3 is 2.93 bits per heavy atom. The SMILES string of the molecule is C=C(/C(C#N)=C(/NC/C1=C/C/C=C\C=C=C1)n1nccc1C)C1CCCCC1. The van der Waals surface area contributed by atoms with Gasteiger partial charge in [-0.15, -0.1) is 5.73 Å². The Labute approximate surface area is 167 Å². The van der Waals surface area contributed by atoms with Crippen molar-refractivity contribution in [2.24, 2.45) is 5.92 Å². The van der Waals surface area contributed by atoms with Crippen molar-refractivity contribution >= 4 is 5.82 Å². The summed E-state index contributed by atoms with van der Waals surface area (Å²) in [6.45, 7) is 6.92. The number of allylic oxidation sites excluding steroid dienone is 5. The number of nitrogens with one attached hydrogen (secondary N) is 1. The first-order valence-electron chi connectivity index (χ1n) is 10.1. The molecule has 3 rings (SSSR count). The predicted octanol–water partition coefficient (Wildman–Crippen LogP) is 5.21. The van der Waals surface area contributed by atoms with E-state index in [0.29, 0.717) is 18.0 Å². The molecule has 28 heavy (non-hydrogen) atoms. The molecular formula is C24H28N4. The normalized spacial score (nSPS) is 20.9. The van der Waals surface area contributed by atoms with Crippen LogP contribution in [0.15, 0.2) is 71.7 Å². The van der Waals surface area contributed by atoms with Crippen LogP contribution in [-0.2, 0) is 0 Å². The van der Waals surface area contributed by atoms with Crippen molar-refractivity contribution in [3.63, 3.8) is 0 Å². The van der Waals surface area contributed by atoms with Gasteiger partial charge in [-0.3, -0.25) is 0 Å². The zero-order valence-electron chi connectivity index (χ0n) is 16.6. The number of rotatable bonds is 6. The molecule has 0 saturated heterocycles. The summed E-state index contributed by atoms with van der Waals surface area (Å²) in [6.07, 6.45) is 18.7.